The molecule has 1 aromatic heterocycles. The van der Waals surface area contributed by atoms with Crippen LogP contribution >= 0.6 is 11.6 Å². The number of rotatable bonds is 4. The summed E-state index contributed by atoms with van der Waals surface area (Å²) in [5.41, 5.74) is 0.0894. The molecule has 0 bridgehead atoms. The van der Waals surface area contributed by atoms with Crippen LogP contribution in [0, 0.1) is 11.8 Å². The topological polar surface area (TPSA) is 59.4 Å². The van der Waals surface area contributed by atoms with Gasteiger partial charge in [0.15, 0.2) is 0 Å². The van der Waals surface area contributed by atoms with Crippen LogP contribution in [0.4, 0.5) is 0 Å². The largest absolute Gasteiger partial charge is 0.478 e. The van der Waals surface area contributed by atoms with Crippen molar-refractivity contribution in [3.05, 3.63) is 35.0 Å². The van der Waals surface area contributed by atoms with E-state index in [1.54, 1.807) is 0 Å². The van der Waals surface area contributed by atoms with E-state index in [2.05, 4.69) is 24.1 Å². The third kappa shape index (κ3) is 3.70. The zero-order valence-electron chi connectivity index (χ0n) is 10.7. The van der Waals surface area contributed by atoms with Gasteiger partial charge in [0.2, 0.25) is 5.88 Å². The van der Waals surface area contributed by atoms with Crippen molar-refractivity contribution >= 4 is 17.6 Å². The maximum Gasteiger partial charge on any atom is 0.335 e. The van der Waals surface area contributed by atoms with Crippen molar-refractivity contribution in [3.63, 3.8) is 0 Å². The molecule has 0 spiro atoms. The van der Waals surface area contributed by atoms with Gasteiger partial charge in [-0.15, -0.1) is 0 Å². The normalized spacial score (nSPS) is 22.2. The number of carboxylic acids is 1. The lowest BCUT2D eigenvalue weighted by atomic mass is 9.85. The van der Waals surface area contributed by atoms with Gasteiger partial charge in [-0.1, -0.05) is 30.7 Å². The number of pyridine rings is 1. The van der Waals surface area contributed by atoms with Crippen LogP contribution in [-0.4, -0.2) is 22.7 Å². The molecule has 0 saturated carbocycles. The lowest BCUT2D eigenvalue weighted by molar-refractivity contribution is 0.0696. The molecular formula is C14H16ClNO3. The molecule has 4 nitrogen and oxygen atoms in total. The molecule has 2 rings (SSSR count). The second-order valence-corrected chi connectivity index (χ2v) is 5.20. The molecule has 2 unspecified atom stereocenters. The third-order valence-electron chi connectivity index (χ3n) is 3.38. The first-order chi connectivity index (χ1) is 9.06. The smallest absolute Gasteiger partial charge is 0.335 e. The molecule has 0 fully saturated rings. The van der Waals surface area contributed by atoms with E-state index >= 15 is 0 Å². The Morgan fingerprint density at radius 3 is 2.89 bits per heavy atom. The lowest BCUT2D eigenvalue weighted by Gasteiger charge is -2.24. The predicted molar refractivity (Wildman–Crippen MR) is 72.7 cm³/mol. The lowest BCUT2D eigenvalue weighted by Crippen LogP contribution is -2.21. The number of nitrogens with zero attached hydrogens (tertiary/aromatic N) is 1. The zero-order valence-corrected chi connectivity index (χ0v) is 11.4. The average molecular weight is 282 g/mol. The van der Waals surface area contributed by atoms with Gasteiger partial charge in [-0.2, -0.15) is 0 Å². The van der Waals surface area contributed by atoms with E-state index in [0.717, 1.165) is 12.8 Å². The highest BCUT2D eigenvalue weighted by atomic mass is 35.5. The molecule has 1 heterocycles. The maximum atomic E-state index is 10.9. The van der Waals surface area contributed by atoms with Crippen LogP contribution in [0.1, 0.15) is 30.1 Å². The number of allylic oxidation sites excluding steroid dienone is 2. The van der Waals surface area contributed by atoms with Crippen molar-refractivity contribution in [1.29, 1.82) is 0 Å². The summed E-state index contributed by atoms with van der Waals surface area (Å²) in [5, 5.41) is 9.07. The molecule has 1 N–H and O–H groups in total. The maximum absolute atomic E-state index is 10.9. The quantitative estimate of drug-likeness (QED) is 0.679. The number of hydrogen-bond acceptors (Lipinski definition) is 3. The number of ether oxygens (including phenoxy) is 1. The highest BCUT2D eigenvalue weighted by molar-refractivity contribution is 6.29. The van der Waals surface area contributed by atoms with Crippen LogP contribution in [0.15, 0.2) is 24.3 Å². The van der Waals surface area contributed by atoms with E-state index in [1.165, 1.54) is 12.1 Å². The standard InChI is InChI=1S/C14H16ClNO3/c1-9-4-2-3-5-10(9)8-19-13-7-11(14(17)18)6-12(15)16-13/h2-3,6-7,9-10H,4-5,8H2,1H3,(H,17,18). The molecule has 0 aromatic carbocycles. The van der Waals surface area contributed by atoms with Gasteiger partial charge in [-0.05, 0) is 30.7 Å². The van der Waals surface area contributed by atoms with Crippen LogP contribution in [-0.2, 0) is 0 Å². The summed E-state index contributed by atoms with van der Waals surface area (Å²) in [6, 6.07) is 2.71. The van der Waals surface area contributed by atoms with E-state index in [-0.39, 0.29) is 16.6 Å². The Bertz CT molecular complexity index is 501. The number of halogens is 1. The van der Waals surface area contributed by atoms with E-state index < -0.39 is 5.97 Å². The first kappa shape index (κ1) is 13.9. The molecule has 0 saturated heterocycles. The highest BCUT2D eigenvalue weighted by Gasteiger charge is 2.19. The van der Waals surface area contributed by atoms with Gasteiger partial charge in [-0.25, -0.2) is 9.78 Å². The third-order valence-corrected chi connectivity index (χ3v) is 3.57. The van der Waals surface area contributed by atoms with Crippen LogP contribution in [0.25, 0.3) is 0 Å². The van der Waals surface area contributed by atoms with Crippen molar-refractivity contribution in [1.82, 2.24) is 4.98 Å². The molecule has 1 aliphatic carbocycles. The Morgan fingerprint density at radius 2 is 2.21 bits per heavy atom. The van der Waals surface area contributed by atoms with Crippen molar-refractivity contribution in [2.45, 2.75) is 19.8 Å². The molecule has 1 aromatic rings. The molecule has 0 aliphatic heterocycles. The Labute approximate surface area is 117 Å². The molecule has 5 heteroatoms. The van der Waals surface area contributed by atoms with Gasteiger partial charge in [0.05, 0.1) is 12.2 Å². The van der Waals surface area contributed by atoms with Crippen molar-refractivity contribution < 1.29 is 14.6 Å². The second-order valence-electron chi connectivity index (χ2n) is 4.81. The number of aromatic nitrogens is 1. The van der Waals surface area contributed by atoms with Crippen LogP contribution < -0.4 is 4.74 Å². The van der Waals surface area contributed by atoms with Gasteiger partial charge in [0.25, 0.3) is 0 Å². The summed E-state index contributed by atoms with van der Waals surface area (Å²) in [6.45, 7) is 2.71. The van der Waals surface area contributed by atoms with Gasteiger partial charge in [-0.3, -0.25) is 0 Å². The molecule has 0 amide bonds. The fourth-order valence-electron chi connectivity index (χ4n) is 2.10. The molecule has 102 valence electrons. The van der Waals surface area contributed by atoms with Crippen molar-refractivity contribution in [2.75, 3.05) is 6.61 Å². The Morgan fingerprint density at radius 1 is 1.47 bits per heavy atom. The van der Waals surface area contributed by atoms with E-state index in [1.807, 2.05) is 0 Å². The number of carbonyl (C=O) groups is 1. The highest BCUT2D eigenvalue weighted by Crippen LogP contribution is 2.26. The fourth-order valence-corrected chi connectivity index (χ4v) is 2.30. The molecule has 1 aliphatic rings. The molecule has 0 radical (unpaired) electrons. The van der Waals surface area contributed by atoms with E-state index in [4.69, 9.17) is 21.4 Å². The zero-order chi connectivity index (χ0) is 13.8. The summed E-state index contributed by atoms with van der Waals surface area (Å²) in [4.78, 5) is 14.9. The number of hydrogen-bond donors (Lipinski definition) is 1. The minimum absolute atomic E-state index is 0.0894. The Hall–Kier alpha value is -1.55. The van der Waals surface area contributed by atoms with E-state index in [9.17, 15) is 4.79 Å². The minimum Gasteiger partial charge on any atom is -0.478 e. The fraction of sp³-hybridized carbons (Fsp3) is 0.429. The summed E-state index contributed by atoms with van der Waals surface area (Å²) in [7, 11) is 0. The molecule has 19 heavy (non-hydrogen) atoms. The van der Waals surface area contributed by atoms with Gasteiger partial charge in [0.1, 0.15) is 5.15 Å². The van der Waals surface area contributed by atoms with Crippen molar-refractivity contribution in [3.8, 4) is 5.88 Å². The SMILES string of the molecule is CC1CC=CCC1COc1cc(C(=O)O)cc(Cl)n1. The van der Waals surface area contributed by atoms with Gasteiger partial charge >= 0.3 is 5.97 Å². The van der Waals surface area contributed by atoms with Gasteiger partial charge < -0.3 is 9.84 Å². The van der Waals surface area contributed by atoms with Crippen molar-refractivity contribution in [2.24, 2.45) is 11.8 Å². The van der Waals surface area contributed by atoms with Crippen LogP contribution in [0.2, 0.25) is 5.15 Å². The second kappa shape index (κ2) is 6.06. The van der Waals surface area contributed by atoms with Gasteiger partial charge in [0, 0.05) is 6.07 Å². The van der Waals surface area contributed by atoms with Crippen LogP contribution in [0.3, 0.4) is 0 Å². The molecule has 2 atom stereocenters. The minimum atomic E-state index is -1.04. The number of aromatic carboxylic acids is 1. The average Bonchev–Trinajstić information content (AvgIpc) is 2.37. The Kier molecular flexibility index (Phi) is 4.43. The van der Waals surface area contributed by atoms with E-state index in [0.29, 0.717) is 18.4 Å². The predicted octanol–water partition coefficient (Wildman–Crippen LogP) is 3.41. The molecular weight excluding hydrogens is 266 g/mol. The Balaban J connectivity index is 2.03. The first-order valence-corrected chi connectivity index (χ1v) is 6.62. The van der Waals surface area contributed by atoms with Crippen LogP contribution in [0.5, 0.6) is 5.88 Å². The summed E-state index contributed by atoms with van der Waals surface area (Å²) >= 11 is 5.78. The monoisotopic (exact) mass is 281 g/mol. The summed E-state index contributed by atoms with van der Waals surface area (Å²) in [5.74, 6) is 0.219. The summed E-state index contributed by atoms with van der Waals surface area (Å²) in [6.07, 6.45) is 6.37. The summed E-state index contributed by atoms with van der Waals surface area (Å²) < 4.78 is 5.59. The number of carboxylic acid groups (broad SMARTS) is 1. The first-order valence-electron chi connectivity index (χ1n) is 6.25.